The highest BCUT2D eigenvalue weighted by molar-refractivity contribution is 7.99. The average molecular weight is 364 g/mol. The van der Waals surface area contributed by atoms with Crippen molar-refractivity contribution in [1.82, 2.24) is 14.8 Å². The first-order valence-corrected chi connectivity index (χ1v) is 8.02. The number of amides is 1. The maximum Gasteiger partial charge on any atom is 0.339 e. The van der Waals surface area contributed by atoms with Crippen LogP contribution in [0.1, 0.15) is 20.7 Å². The van der Waals surface area contributed by atoms with Gasteiger partial charge in [0.15, 0.2) is 5.16 Å². The van der Waals surface area contributed by atoms with Crippen LogP contribution in [0.4, 0.5) is 5.69 Å². The zero-order valence-electron chi connectivity index (χ0n) is 13.8. The molecule has 0 unspecified atom stereocenters. The lowest BCUT2D eigenvalue weighted by atomic mass is 10.1. The maximum absolute atomic E-state index is 12.2. The quantitative estimate of drug-likeness (QED) is 0.599. The zero-order chi connectivity index (χ0) is 18.4. The average Bonchev–Trinajstić information content (AvgIpc) is 3.03. The van der Waals surface area contributed by atoms with Gasteiger partial charge in [-0.05, 0) is 18.2 Å². The van der Waals surface area contributed by atoms with E-state index in [4.69, 9.17) is 0 Å². The molecule has 1 aromatic heterocycles. The lowest BCUT2D eigenvalue weighted by Crippen LogP contribution is -2.18. The van der Waals surface area contributed by atoms with Crippen molar-refractivity contribution in [2.24, 2.45) is 7.05 Å². The van der Waals surface area contributed by atoms with E-state index in [2.05, 4.69) is 25.0 Å². The molecule has 2 rings (SSSR count). The SMILES string of the molecule is COC(=O)c1ccc(C(=O)OC)c(NC(=O)CSc2nncn2C)c1. The third-order valence-corrected chi connectivity index (χ3v) is 4.16. The number of hydrogen-bond acceptors (Lipinski definition) is 8. The smallest absolute Gasteiger partial charge is 0.339 e. The molecule has 0 fully saturated rings. The molecule has 1 heterocycles. The van der Waals surface area contributed by atoms with Gasteiger partial charge >= 0.3 is 11.9 Å². The molecule has 1 N–H and O–H groups in total. The molecule has 0 radical (unpaired) electrons. The Kier molecular flexibility index (Phi) is 6.12. The largest absolute Gasteiger partial charge is 0.465 e. The number of benzene rings is 1. The van der Waals surface area contributed by atoms with Crippen LogP contribution in [0.3, 0.4) is 0 Å². The van der Waals surface area contributed by atoms with E-state index in [1.54, 1.807) is 11.6 Å². The first kappa shape index (κ1) is 18.5. The lowest BCUT2D eigenvalue weighted by molar-refractivity contribution is -0.113. The first-order valence-electron chi connectivity index (χ1n) is 7.03. The molecule has 0 aliphatic rings. The molecule has 0 bridgehead atoms. The van der Waals surface area contributed by atoms with Crippen molar-refractivity contribution >= 4 is 35.3 Å². The topological polar surface area (TPSA) is 112 Å². The number of nitrogens with zero attached hydrogens (tertiary/aromatic N) is 3. The van der Waals surface area contributed by atoms with Gasteiger partial charge in [-0.15, -0.1) is 10.2 Å². The maximum atomic E-state index is 12.2. The molecule has 1 amide bonds. The van der Waals surface area contributed by atoms with Gasteiger partial charge in [0.2, 0.25) is 5.91 Å². The molecule has 25 heavy (non-hydrogen) atoms. The minimum absolute atomic E-state index is 0.0512. The predicted molar refractivity (Wildman–Crippen MR) is 89.5 cm³/mol. The molecule has 1 aromatic carbocycles. The highest BCUT2D eigenvalue weighted by atomic mass is 32.2. The Hall–Kier alpha value is -2.88. The highest BCUT2D eigenvalue weighted by Gasteiger charge is 2.17. The van der Waals surface area contributed by atoms with Crippen molar-refractivity contribution < 1.29 is 23.9 Å². The van der Waals surface area contributed by atoms with Crippen LogP contribution >= 0.6 is 11.8 Å². The fourth-order valence-electron chi connectivity index (χ4n) is 1.90. The van der Waals surface area contributed by atoms with Crippen molar-refractivity contribution in [2.75, 3.05) is 25.3 Å². The summed E-state index contributed by atoms with van der Waals surface area (Å²) < 4.78 is 11.0. The van der Waals surface area contributed by atoms with Gasteiger partial charge in [-0.1, -0.05) is 11.8 Å². The molecule has 0 saturated carbocycles. The van der Waals surface area contributed by atoms with Gasteiger partial charge in [0, 0.05) is 7.05 Å². The van der Waals surface area contributed by atoms with E-state index in [-0.39, 0.29) is 28.5 Å². The fraction of sp³-hybridized carbons (Fsp3) is 0.267. The molecule has 9 nitrogen and oxygen atoms in total. The normalized spacial score (nSPS) is 10.2. The van der Waals surface area contributed by atoms with Crippen LogP contribution < -0.4 is 5.32 Å². The molecule has 132 valence electrons. The van der Waals surface area contributed by atoms with Crippen LogP contribution in [0, 0.1) is 0 Å². The summed E-state index contributed by atoms with van der Waals surface area (Å²) in [6.45, 7) is 0. The number of aromatic nitrogens is 3. The second-order valence-electron chi connectivity index (χ2n) is 4.80. The van der Waals surface area contributed by atoms with Crippen molar-refractivity contribution in [2.45, 2.75) is 5.16 Å². The Morgan fingerprint density at radius 3 is 2.52 bits per heavy atom. The van der Waals surface area contributed by atoms with Crippen LogP contribution in [-0.2, 0) is 21.3 Å². The van der Waals surface area contributed by atoms with Crippen LogP contribution in [0.5, 0.6) is 0 Å². The third kappa shape index (κ3) is 4.57. The van der Waals surface area contributed by atoms with E-state index >= 15 is 0 Å². The van der Waals surface area contributed by atoms with Gasteiger partial charge < -0.3 is 19.4 Å². The molecule has 2 aromatic rings. The van der Waals surface area contributed by atoms with Crippen LogP contribution in [0.25, 0.3) is 0 Å². The third-order valence-electron chi connectivity index (χ3n) is 3.12. The standard InChI is InChI=1S/C15H16N4O5S/c1-19-8-16-18-15(19)25-7-12(20)17-11-6-9(13(21)23-2)4-5-10(11)14(22)24-3/h4-6,8H,7H2,1-3H3,(H,17,20). The fourth-order valence-corrected chi connectivity index (χ4v) is 2.59. The number of hydrogen-bond donors (Lipinski definition) is 1. The number of nitrogens with one attached hydrogen (secondary N) is 1. The Balaban J connectivity index is 2.17. The summed E-state index contributed by atoms with van der Waals surface area (Å²) in [5.74, 6) is -1.54. The van der Waals surface area contributed by atoms with Gasteiger partial charge in [-0.3, -0.25) is 4.79 Å². The van der Waals surface area contributed by atoms with E-state index in [9.17, 15) is 14.4 Å². The summed E-state index contributed by atoms with van der Waals surface area (Å²) in [7, 11) is 4.23. The monoisotopic (exact) mass is 364 g/mol. The minimum atomic E-state index is -0.632. The zero-order valence-corrected chi connectivity index (χ0v) is 14.6. The van der Waals surface area contributed by atoms with Crippen LogP contribution in [0.2, 0.25) is 0 Å². The number of esters is 2. The summed E-state index contributed by atoms with van der Waals surface area (Å²) in [6.07, 6.45) is 1.52. The number of aryl methyl sites for hydroxylation is 1. The van der Waals surface area contributed by atoms with Crippen molar-refractivity contribution in [3.8, 4) is 0 Å². The summed E-state index contributed by atoms with van der Waals surface area (Å²) in [4.78, 5) is 35.7. The van der Waals surface area contributed by atoms with Gasteiger partial charge in [0.05, 0.1) is 36.8 Å². The van der Waals surface area contributed by atoms with Crippen molar-refractivity contribution in [3.63, 3.8) is 0 Å². The van der Waals surface area contributed by atoms with E-state index in [0.717, 1.165) is 0 Å². The Bertz CT molecular complexity index is 805. The van der Waals surface area contributed by atoms with Gasteiger partial charge in [0.25, 0.3) is 0 Å². The van der Waals surface area contributed by atoms with E-state index < -0.39 is 11.9 Å². The lowest BCUT2D eigenvalue weighted by Gasteiger charge is -2.11. The summed E-state index contributed by atoms with van der Waals surface area (Å²) in [6, 6.07) is 4.18. The number of carbonyl (C=O) groups excluding carboxylic acids is 3. The number of ether oxygens (including phenoxy) is 2. The second-order valence-corrected chi connectivity index (χ2v) is 5.75. The molecule has 0 aliphatic heterocycles. The van der Waals surface area contributed by atoms with Crippen molar-refractivity contribution in [1.29, 1.82) is 0 Å². The Morgan fingerprint density at radius 2 is 1.92 bits per heavy atom. The molecular formula is C15H16N4O5S. The number of methoxy groups -OCH3 is 2. The second kappa shape index (κ2) is 8.29. The van der Waals surface area contributed by atoms with Gasteiger partial charge in [-0.2, -0.15) is 0 Å². The predicted octanol–water partition coefficient (Wildman–Crippen LogP) is 1.12. The summed E-state index contributed by atoms with van der Waals surface area (Å²) >= 11 is 1.19. The molecule has 10 heteroatoms. The van der Waals surface area contributed by atoms with E-state index in [1.165, 1.54) is 50.5 Å². The summed E-state index contributed by atoms with van der Waals surface area (Å²) in [5, 5.41) is 10.8. The summed E-state index contributed by atoms with van der Waals surface area (Å²) in [5.41, 5.74) is 0.497. The van der Waals surface area contributed by atoms with Crippen LogP contribution in [-0.4, -0.2) is 52.6 Å². The van der Waals surface area contributed by atoms with E-state index in [0.29, 0.717) is 5.16 Å². The molecule has 0 aliphatic carbocycles. The molecular weight excluding hydrogens is 348 g/mol. The number of anilines is 1. The molecule has 0 saturated heterocycles. The Morgan fingerprint density at radius 1 is 1.20 bits per heavy atom. The first-order chi connectivity index (χ1) is 12.0. The van der Waals surface area contributed by atoms with E-state index in [1.807, 2.05) is 0 Å². The number of carbonyl (C=O) groups is 3. The number of thioether (sulfide) groups is 1. The minimum Gasteiger partial charge on any atom is -0.465 e. The highest BCUT2D eigenvalue weighted by Crippen LogP contribution is 2.21. The molecule has 0 spiro atoms. The number of rotatable bonds is 6. The molecule has 0 atom stereocenters. The Labute approximate surface area is 147 Å². The van der Waals surface area contributed by atoms with Gasteiger partial charge in [0.1, 0.15) is 6.33 Å². The van der Waals surface area contributed by atoms with Crippen LogP contribution in [0.15, 0.2) is 29.7 Å². The van der Waals surface area contributed by atoms with Gasteiger partial charge in [-0.25, -0.2) is 9.59 Å². The van der Waals surface area contributed by atoms with Crippen molar-refractivity contribution in [3.05, 3.63) is 35.7 Å².